The molecule has 0 saturated heterocycles. The van der Waals surface area contributed by atoms with E-state index in [0.29, 0.717) is 30.3 Å². The minimum atomic E-state index is -0.555. The lowest BCUT2D eigenvalue weighted by atomic mass is 10.0. The number of hydrogen-bond donors (Lipinski definition) is 1. The van der Waals surface area contributed by atoms with E-state index in [9.17, 15) is 14.9 Å². The van der Waals surface area contributed by atoms with Crippen LogP contribution in [0.4, 0.5) is 5.69 Å². The molecule has 0 spiro atoms. The number of nitro benzene ring substituents is 1. The highest BCUT2D eigenvalue weighted by Gasteiger charge is 2.12. The second-order valence-corrected chi connectivity index (χ2v) is 6.23. The number of benzene rings is 3. The van der Waals surface area contributed by atoms with E-state index in [0.717, 1.165) is 10.8 Å². The van der Waals surface area contributed by atoms with Crippen LogP contribution in [0.15, 0.2) is 59.7 Å². The van der Waals surface area contributed by atoms with Gasteiger partial charge in [0.05, 0.1) is 24.4 Å². The fraction of sp³-hybridized carbons (Fsp3) is 0.182. The summed E-state index contributed by atoms with van der Waals surface area (Å²) in [4.78, 5) is 22.7. The molecule has 30 heavy (non-hydrogen) atoms. The van der Waals surface area contributed by atoms with E-state index in [2.05, 4.69) is 10.5 Å². The maximum atomic E-state index is 12.3. The number of nitro groups is 1. The number of rotatable bonds is 8. The Morgan fingerprint density at radius 2 is 1.87 bits per heavy atom. The highest BCUT2D eigenvalue weighted by Crippen LogP contribution is 2.30. The maximum Gasteiger partial charge on any atom is 0.271 e. The summed E-state index contributed by atoms with van der Waals surface area (Å²) in [6.45, 7) is 4.80. The Hall–Kier alpha value is -3.94. The molecule has 0 fully saturated rings. The van der Waals surface area contributed by atoms with Crippen LogP contribution in [0.2, 0.25) is 0 Å². The number of non-ortho nitro benzene ring substituents is 1. The Morgan fingerprint density at radius 1 is 1.10 bits per heavy atom. The summed E-state index contributed by atoms with van der Waals surface area (Å²) >= 11 is 0. The number of hydrogen-bond acceptors (Lipinski definition) is 6. The minimum Gasteiger partial charge on any atom is -0.494 e. The van der Waals surface area contributed by atoms with Gasteiger partial charge in [-0.1, -0.05) is 18.2 Å². The third kappa shape index (κ3) is 4.72. The zero-order valence-corrected chi connectivity index (χ0v) is 16.6. The highest BCUT2D eigenvalue weighted by atomic mass is 16.6. The van der Waals surface area contributed by atoms with Gasteiger partial charge in [0.25, 0.3) is 11.6 Å². The topological polar surface area (TPSA) is 103 Å². The first-order valence-corrected chi connectivity index (χ1v) is 9.43. The van der Waals surface area contributed by atoms with Crippen LogP contribution < -0.4 is 14.9 Å². The molecule has 0 bridgehead atoms. The molecule has 8 nitrogen and oxygen atoms in total. The molecule has 1 N–H and O–H groups in total. The summed E-state index contributed by atoms with van der Waals surface area (Å²) in [6, 6.07) is 14.9. The van der Waals surface area contributed by atoms with Gasteiger partial charge in [-0.3, -0.25) is 14.9 Å². The van der Waals surface area contributed by atoms with Crippen molar-refractivity contribution in [3.63, 3.8) is 0 Å². The van der Waals surface area contributed by atoms with Crippen LogP contribution in [0.25, 0.3) is 10.8 Å². The fourth-order valence-corrected chi connectivity index (χ4v) is 2.95. The molecule has 0 aliphatic heterocycles. The standard InChI is InChI=1S/C22H21N3O5/c1-3-29-18-10-8-15-9-11-21(30-4-2)20(19(15)13-18)14-23-24-22(26)16-6-5-7-17(12-16)25(27)28/h5-14H,3-4H2,1-2H3,(H,24,26)/b23-14+. The summed E-state index contributed by atoms with van der Waals surface area (Å²) in [5.41, 5.74) is 3.08. The lowest BCUT2D eigenvalue weighted by Crippen LogP contribution is -2.17. The summed E-state index contributed by atoms with van der Waals surface area (Å²) in [7, 11) is 0. The third-order valence-corrected chi connectivity index (χ3v) is 4.28. The van der Waals surface area contributed by atoms with E-state index in [4.69, 9.17) is 9.47 Å². The van der Waals surface area contributed by atoms with E-state index in [1.807, 2.05) is 44.2 Å². The zero-order valence-electron chi connectivity index (χ0n) is 16.6. The van der Waals surface area contributed by atoms with Gasteiger partial charge in [0.2, 0.25) is 0 Å². The number of nitrogens with zero attached hydrogens (tertiary/aromatic N) is 2. The van der Waals surface area contributed by atoms with Gasteiger partial charge in [0.1, 0.15) is 11.5 Å². The molecular weight excluding hydrogens is 386 g/mol. The van der Waals surface area contributed by atoms with Gasteiger partial charge in [0, 0.05) is 23.3 Å². The lowest BCUT2D eigenvalue weighted by molar-refractivity contribution is -0.384. The van der Waals surface area contributed by atoms with Gasteiger partial charge >= 0.3 is 0 Å². The van der Waals surface area contributed by atoms with Crippen LogP contribution in [0.1, 0.15) is 29.8 Å². The molecule has 0 aliphatic carbocycles. The van der Waals surface area contributed by atoms with Crippen LogP contribution in [-0.4, -0.2) is 30.3 Å². The van der Waals surface area contributed by atoms with E-state index in [1.54, 1.807) is 0 Å². The molecule has 0 saturated carbocycles. The van der Waals surface area contributed by atoms with Crippen LogP contribution >= 0.6 is 0 Å². The maximum absolute atomic E-state index is 12.3. The van der Waals surface area contributed by atoms with Gasteiger partial charge in [-0.2, -0.15) is 5.10 Å². The molecule has 154 valence electrons. The van der Waals surface area contributed by atoms with Crippen molar-refractivity contribution in [1.29, 1.82) is 0 Å². The minimum absolute atomic E-state index is 0.142. The van der Waals surface area contributed by atoms with E-state index in [-0.39, 0.29) is 11.3 Å². The third-order valence-electron chi connectivity index (χ3n) is 4.28. The van der Waals surface area contributed by atoms with Crippen molar-refractivity contribution in [3.05, 3.63) is 75.8 Å². The van der Waals surface area contributed by atoms with Crippen molar-refractivity contribution in [2.45, 2.75) is 13.8 Å². The number of ether oxygens (including phenoxy) is 2. The number of nitrogens with one attached hydrogen (secondary N) is 1. The first kappa shape index (κ1) is 20.8. The molecule has 0 radical (unpaired) electrons. The molecule has 3 aromatic carbocycles. The molecule has 1 amide bonds. The quantitative estimate of drug-likeness (QED) is 0.340. The number of carbonyl (C=O) groups is 1. The van der Waals surface area contributed by atoms with Crippen LogP contribution in [0.5, 0.6) is 11.5 Å². The van der Waals surface area contributed by atoms with Crippen LogP contribution in [0, 0.1) is 10.1 Å². The SMILES string of the molecule is CCOc1ccc2ccc(OCC)c(/C=N/NC(=O)c3cccc([N+](=O)[O-])c3)c2c1. The van der Waals surface area contributed by atoms with Gasteiger partial charge in [-0.15, -0.1) is 0 Å². The Kier molecular flexibility index (Phi) is 6.59. The summed E-state index contributed by atoms with van der Waals surface area (Å²) in [5.74, 6) is 0.782. The smallest absolute Gasteiger partial charge is 0.271 e. The Labute approximate surface area is 173 Å². The van der Waals surface area contributed by atoms with Gasteiger partial charge in [0.15, 0.2) is 0 Å². The normalized spacial score (nSPS) is 10.9. The number of hydrazone groups is 1. The number of amides is 1. The van der Waals surface area contributed by atoms with Crippen molar-refractivity contribution < 1.29 is 19.2 Å². The number of fused-ring (bicyclic) bond motifs is 1. The van der Waals surface area contributed by atoms with E-state index < -0.39 is 10.8 Å². The predicted molar refractivity (Wildman–Crippen MR) is 114 cm³/mol. The molecule has 0 atom stereocenters. The molecule has 3 aromatic rings. The molecule has 0 heterocycles. The molecular formula is C22H21N3O5. The van der Waals surface area contributed by atoms with Crippen molar-refractivity contribution in [1.82, 2.24) is 5.43 Å². The van der Waals surface area contributed by atoms with E-state index >= 15 is 0 Å². The average molecular weight is 407 g/mol. The molecule has 8 heteroatoms. The Bertz CT molecular complexity index is 1110. The van der Waals surface area contributed by atoms with Crippen molar-refractivity contribution in [2.75, 3.05) is 13.2 Å². The molecule has 0 aliphatic rings. The molecule has 3 rings (SSSR count). The second-order valence-electron chi connectivity index (χ2n) is 6.23. The summed E-state index contributed by atoms with van der Waals surface area (Å²) < 4.78 is 11.3. The van der Waals surface area contributed by atoms with Crippen molar-refractivity contribution in [3.8, 4) is 11.5 Å². The van der Waals surface area contributed by atoms with Gasteiger partial charge in [-0.05, 0) is 48.9 Å². The lowest BCUT2D eigenvalue weighted by Gasteiger charge is -2.12. The second kappa shape index (κ2) is 9.51. The predicted octanol–water partition coefficient (Wildman–Crippen LogP) is 4.31. The van der Waals surface area contributed by atoms with Crippen molar-refractivity contribution in [2.24, 2.45) is 5.10 Å². The largest absolute Gasteiger partial charge is 0.494 e. The fourth-order valence-electron chi connectivity index (χ4n) is 2.95. The Balaban J connectivity index is 1.91. The highest BCUT2D eigenvalue weighted by molar-refractivity contribution is 6.03. The summed E-state index contributed by atoms with van der Waals surface area (Å²) in [5, 5.41) is 16.8. The van der Waals surface area contributed by atoms with Gasteiger partial charge in [-0.25, -0.2) is 5.43 Å². The first-order valence-electron chi connectivity index (χ1n) is 9.43. The zero-order chi connectivity index (χ0) is 21.5. The number of carbonyl (C=O) groups excluding carboxylic acids is 1. The molecule has 0 aromatic heterocycles. The van der Waals surface area contributed by atoms with E-state index in [1.165, 1.54) is 30.5 Å². The first-order chi connectivity index (χ1) is 14.5. The van der Waals surface area contributed by atoms with Crippen LogP contribution in [-0.2, 0) is 0 Å². The summed E-state index contributed by atoms with van der Waals surface area (Å²) in [6.07, 6.45) is 1.50. The molecule has 0 unspecified atom stereocenters. The monoisotopic (exact) mass is 407 g/mol. The van der Waals surface area contributed by atoms with Crippen molar-refractivity contribution >= 4 is 28.6 Å². The average Bonchev–Trinajstić information content (AvgIpc) is 2.75. The Morgan fingerprint density at radius 3 is 2.60 bits per heavy atom. The van der Waals surface area contributed by atoms with Gasteiger partial charge < -0.3 is 9.47 Å². The van der Waals surface area contributed by atoms with Crippen LogP contribution in [0.3, 0.4) is 0 Å².